The molecule has 3 rings (SSSR count). The first-order chi connectivity index (χ1) is 12.0. The van der Waals surface area contributed by atoms with Gasteiger partial charge in [0.15, 0.2) is 5.13 Å². The van der Waals surface area contributed by atoms with Gasteiger partial charge in [0.2, 0.25) is 5.91 Å². The lowest BCUT2D eigenvalue weighted by molar-refractivity contribution is -0.111. The smallest absolute Gasteiger partial charge is 0.250 e. The number of anilines is 1. The minimum atomic E-state index is -0.219. The third-order valence-electron chi connectivity index (χ3n) is 3.55. The highest BCUT2D eigenvalue weighted by Crippen LogP contribution is 2.23. The number of benzene rings is 1. The molecular weight excluding hydrogens is 356 g/mol. The molecule has 0 fully saturated rings. The first-order valence-electron chi connectivity index (χ1n) is 7.67. The average Bonchev–Trinajstić information content (AvgIpc) is 3.18. The standard InChI is InChI=1S/C18H17ClN4OS/c1-12-3-4-13(8-16(12)19)7-15-10-20-18(25-15)22-17(24)6-5-14-9-21-23(2)11-14/h3-6,8-11H,7H2,1-2H3,(H,20,22,24)/b6-5+. The first-order valence-corrected chi connectivity index (χ1v) is 8.86. The fourth-order valence-electron chi connectivity index (χ4n) is 2.24. The summed E-state index contributed by atoms with van der Waals surface area (Å²) in [5.41, 5.74) is 3.05. The van der Waals surface area contributed by atoms with E-state index in [-0.39, 0.29) is 5.91 Å². The molecule has 0 saturated heterocycles. The zero-order valence-corrected chi connectivity index (χ0v) is 15.4. The molecule has 0 atom stereocenters. The molecule has 0 spiro atoms. The van der Waals surface area contributed by atoms with E-state index in [1.54, 1.807) is 23.2 Å². The van der Waals surface area contributed by atoms with Crippen LogP contribution in [0, 0.1) is 6.92 Å². The Morgan fingerprint density at radius 2 is 2.24 bits per heavy atom. The molecule has 7 heteroatoms. The highest BCUT2D eigenvalue weighted by Gasteiger charge is 2.06. The number of carbonyl (C=O) groups is 1. The molecule has 2 aromatic heterocycles. The molecule has 0 aliphatic heterocycles. The summed E-state index contributed by atoms with van der Waals surface area (Å²) in [4.78, 5) is 17.3. The second-order valence-corrected chi connectivity index (χ2v) is 7.18. The first kappa shape index (κ1) is 17.4. The Hall–Kier alpha value is -2.44. The number of hydrogen-bond acceptors (Lipinski definition) is 4. The molecule has 0 aliphatic rings. The number of thiazole rings is 1. The van der Waals surface area contributed by atoms with Crippen molar-refractivity contribution in [2.45, 2.75) is 13.3 Å². The van der Waals surface area contributed by atoms with Crippen molar-refractivity contribution in [1.82, 2.24) is 14.8 Å². The average molecular weight is 373 g/mol. The zero-order valence-electron chi connectivity index (χ0n) is 13.9. The molecule has 1 amide bonds. The maximum atomic E-state index is 12.0. The van der Waals surface area contributed by atoms with Crippen molar-refractivity contribution in [3.05, 3.63) is 69.5 Å². The SMILES string of the molecule is Cc1ccc(Cc2cnc(NC(=O)/C=C/c3cnn(C)c3)s2)cc1Cl. The number of aromatic nitrogens is 3. The van der Waals surface area contributed by atoms with Crippen LogP contribution in [0.4, 0.5) is 5.13 Å². The summed E-state index contributed by atoms with van der Waals surface area (Å²) in [6, 6.07) is 6.02. The molecule has 0 radical (unpaired) electrons. The van der Waals surface area contributed by atoms with Crippen LogP contribution in [-0.4, -0.2) is 20.7 Å². The summed E-state index contributed by atoms with van der Waals surface area (Å²) in [6.07, 6.45) is 9.22. The van der Waals surface area contributed by atoms with Gasteiger partial charge in [-0.3, -0.25) is 14.8 Å². The topological polar surface area (TPSA) is 59.8 Å². The lowest BCUT2D eigenvalue weighted by Gasteiger charge is -2.02. The van der Waals surface area contributed by atoms with Crippen LogP contribution >= 0.6 is 22.9 Å². The number of aryl methyl sites for hydroxylation is 2. The quantitative estimate of drug-likeness (QED) is 0.686. The van der Waals surface area contributed by atoms with E-state index in [0.717, 1.165) is 33.0 Å². The van der Waals surface area contributed by atoms with Gasteiger partial charge in [-0.2, -0.15) is 5.10 Å². The molecule has 1 aromatic carbocycles. The summed E-state index contributed by atoms with van der Waals surface area (Å²) in [6.45, 7) is 1.98. The molecule has 0 unspecified atom stereocenters. The molecule has 2 heterocycles. The Kier molecular flexibility index (Phi) is 5.31. The van der Waals surface area contributed by atoms with Crippen molar-refractivity contribution >= 4 is 40.1 Å². The van der Waals surface area contributed by atoms with E-state index in [0.29, 0.717) is 5.13 Å². The molecule has 0 bridgehead atoms. The van der Waals surface area contributed by atoms with Crippen LogP contribution in [-0.2, 0) is 18.3 Å². The van der Waals surface area contributed by atoms with Crippen molar-refractivity contribution in [2.75, 3.05) is 5.32 Å². The molecule has 128 valence electrons. The second-order valence-electron chi connectivity index (χ2n) is 5.66. The zero-order chi connectivity index (χ0) is 17.8. The monoisotopic (exact) mass is 372 g/mol. The van der Waals surface area contributed by atoms with Crippen LogP contribution in [0.5, 0.6) is 0 Å². The van der Waals surface area contributed by atoms with E-state index in [1.807, 2.05) is 32.3 Å². The van der Waals surface area contributed by atoms with Gasteiger partial charge < -0.3 is 0 Å². The second kappa shape index (κ2) is 7.63. The predicted molar refractivity (Wildman–Crippen MR) is 102 cm³/mol. The summed E-state index contributed by atoms with van der Waals surface area (Å²) >= 11 is 7.61. The van der Waals surface area contributed by atoms with Gasteiger partial charge in [-0.1, -0.05) is 23.7 Å². The predicted octanol–water partition coefficient (Wildman–Crippen LogP) is 4.08. The van der Waals surface area contributed by atoms with Crippen LogP contribution in [0.15, 0.2) is 42.9 Å². The van der Waals surface area contributed by atoms with Gasteiger partial charge in [-0.05, 0) is 30.2 Å². The Morgan fingerprint density at radius 3 is 2.96 bits per heavy atom. The van der Waals surface area contributed by atoms with Crippen molar-refractivity contribution in [3.8, 4) is 0 Å². The normalized spacial score (nSPS) is 11.2. The van der Waals surface area contributed by atoms with Crippen LogP contribution in [0.3, 0.4) is 0 Å². The van der Waals surface area contributed by atoms with Crippen LogP contribution in [0.1, 0.15) is 21.6 Å². The van der Waals surface area contributed by atoms with E-state index in [4.69, 9.17) is 11.6 Å². The maximum absolute atomic E-state index is 12.0. The van der Waals surface area contributed by atoms with Crippen LogP contribution < -0.4 is 5.32 Å². The van der Waals surface area contributed by atoms with Gasteiger partial charge >= 0.3 is 0 Å². The molecular formula is C18H17ClN4OS. The molecule has 25 heavy (non-hydrogen) atoms. The van der Waals surface area contributed by atoms with Gasteiger partial charge in [0.25, 0.3) is 0 Å². The van der Waals surface area contributed by atoms with Crippen molar-refractivity contribution in [2.24, 2.45) is 7.05 Å². The van der Waals surface area contributed by atoms with E-state index >= 15 is 0 Å². The Labute approximate surface area is 155 Å². The van der Waals surface area contributed by atoms with Crippen molar-refractivity contribution in [1.29, 1.82) is 0 Å². The third kappa shape index (κ3) is 4.78. The lowest BCUT2D eigenvalue weighted by atomic mass is 10.1. The van der Waals surface area contributed by atoms with Crippen LogP contribution in [0.2, 0.25) is 5.02 Å². The van der Waals surface area contributed by atoms with Crippen molar-refractivity contribution in [3.63, 3.8) is 0 Å². The minimum absolute atomic E-state index is 0.219. The Morgan fingerprint density at radius 1 is 1.40 bits per heavy atom. The summed E-state index contributed by atoms with van der Waals surface area (Å²) < 4.78 is 1.68. The van der Waals surface area contributed by atoms with Gasteiger partial charge in [0.05, 0.1) is 6.20 Å². The van der Waals surface area contributed by atoms with Crippen molar-refractivity contribution < 1.29 is 4.79 Å². The molecule has 1 N–H and O–H groups in total. The van der Waals surface area contributed by atoms with Crippen LogP contribution in [0.25, 0.3) is 6.08 Å². The Bertz CT molecular complexity index is 929. The van der Waals surface area contributed by atoms with Gasteiger partial charge in [0, 0.05) is 47.4 Å². The third-order valence-corrected chi connectivity index (χ3v) is 4.87. The number of rotatable bonds is 5. The van der Waals surface area contributed by atoms with Gasteiger partial charge in [0.1, 0.15) is 0 Å². The number of hydrogen-bond donors (Lipinski definition) is 1. The Balaban J connectivity index is 1.60. The highest BCUT2D eigenvalue weighted by molar-refractivity contribution is 7.15. The summed E-state index contributed by atoms with van der Waals surface area (Å²) in [5, 5.41) is 8.16. The van der Waals surface area contributed by atoms with E-state index < -0.39 is 0 Å². The molecule has 0 aliphatic carbocycles. The number of halogens is 1. The highest BCUT2D eigenvalue weighted by atomic mass is 35.5. The number of nitrogens with zero attached hydrogens (tertiary/aromatic N) is 3. The summed E-state index contributed by atoms with van der Waals surface area (Å²) in [5.74, 6) is -0.219. The largest absolute Gasteiger partial charge is 0.298 e. The van der Waals surface area contributed by atoms with Gasteiger partial charge in [-0.15, -0.1) is 11.3 Å². The molecule has 5 nitrogen and oxygen atoms in total. The molecule has 0 saturated carbocycles. The fraction of sp³-hybridized carbons (Fsp3) is 0.167. The van der Waals surface area contributed by atoms with Gasteiger partial charge in [-0.25, -0.2) is 4.98 Å². The fourth-order valence-corrected chi connectivity index (χ4v) is 3.29. The maximum Gasteiger partial charge on any atom is 0.250 e. The number of carbonyl (C=O) groups excluding carboxylic acids is 1. The molecule has 3 aromatic rings. The van der Waals surface area contributed by atoms with E-state index in [9.17, 15) is 4.79 Å². The summed E-state index contributed by atoms with van der Waals surface area (Å²) in [7, 11) is 1.83. The van der Waals surface area contributed by atoms with E-state index in [1.165, 1.54) is 17.4 Å². The lowest BCUT2D eigenvalue weighted by Crippen LogP contribution is -2.06. The minimum Gasteiger partial charge on any atom is -0.298 e. The number of amides is 1. The van der Waals surface area contributed by atoms with E-state index in [2.05, 4.69) is 21.5 Å². The number of nitrogens with one attached hydrogen (secondary N) is 1.